The Bertz CT molecular complexity index is 1130. The van der Waals surface area contributed by atoms with Gasteiger partial charge in [0.25, 0.3) is 5.91 Å². The number of rotatable bonds is 4. The Morgan fingerprint density at radius 1 is 0.926 bits per heavy atom. The molecule has 2 N–H and O–H groups in total. The van der Waals surface area contributed by atoms with E-state index in [-0.39, 0.29) is 5.91 Å². The number of benzene rings is 3. The lowest BCUT2D eigenvalue weighted by Gasteiger charge is -2.01. The molecule has 1 amide bonds. The van der Waals surface area contributed by atoms with E-state index in [2.05, 4.69) is 38.9 Å². The fraction of sp³-hybridized carbons (Fsp3) is 0.0455. The molecule has 0 unspecified atom stereocenters. The van der Waals surface area contributed by atoms with Gasteiger partial charge in [-0.05, 0) is 35.4 Å². The highest BCUT2D eigenvalue weighted by Gasteiger charge is 2.11. The number of hydrazone groups is 1. The Hall–Kier alpha value is -3.73. The molecule has 0 saturated heterocycles. The van der Waals surface area contributed by atoms with Gasteiger partial charge in [-0.1, -0.05) is 66.7 Å². The van der Waals surface area contributed by atoms with Gasteiger partial charge in [-0.25, -0.2) is 5.43 Å². The summed E-state index contributed by atoms with van der Waals surface area (Å²) >= 11 is 0. The lowest BCUT2D eigenvalue weighted by Crippen LogP contribution is -2.19. The van der Waals surface area contributed by atoms with Crippen molar-refractivity contribution in [3.05, 3.63) is 90.1 Å². The predicted molar refractivity (Wildman–Crippen MR) is 108 cm³/mol. The van der Waals surface area contributed by atoms with Gasteiger partial charge in [-0.3, -0.25) is 9.89 Å². The molecule has 0 aliphatic rings. The molecular weight excluding hydrogens is 336 g/mol. The van der Waals surface area contributed by atoms with Crippen LogP contribution in [-0.2, 0) is 0 Å². The van der Waals surface area contributed by atoms with Gasteiger partial charge in [0.2, 0.25) is 0 Å². The molecule has 0 atom stereocenters. The van der Waals surface area contributed by atoms with Crippen LogP contribution in [0.25, 0.3) is 22.0 Å². The molecule has 27 heavy (non-hydrogen) atoms. The van der Waals surface area contributed by atoms with Crippen LogP contribution in [0.3, 0.4) is 0 Å². The van der Waals surface area contributed by atoms with E-state index >= 15 is 0 Å². The molecule has 4 aromatic rings. The van der Waals surface area contributed by atoms with E-state index in [0.717, 1.165) is 27.9 Å². The molecule has 0 spiro atoms. The van der Waals surface area contributed by atoms with Crippen molar-refractivity contribution in [2.45, 2.75) is 6.92 Å². The molecule has 0 saturated carbocycles. The first-order valence-electron chi connectivity index (χ1n) is 8.65. The maximum Gasteiger partial charge on any atom is 0.289 e. The Labute approximate surface area is 156 Å². The van der Waals surface area contributed by atoms with Crippen molar-refractivity contribution in [3.8, 4) is 11.3 Å². The van der Waals surface area contributed by atoms with Gasteiger partial charge in [0.1, 0.15) is 5.69 Å². The Balaban J connectivity index is 1.52. The van der Waals surface area contributed by atoms with Crippen molar-refractivity contribution in [3.63, 3.8) is 0 Å². The van der Waals surface area contributed by atoms with Crippen LogP contribution < -0.4 is 5.43 Å². The van der Waals surface area contributed by atoms with Crippen LogP contribution in [0.15, 0.2) is 84.0 Å². The first-order valence-corrected chi connectivity index (χ1v) is 8.65. The van der Waals surface area contributed by atoms with E-state index in [0.29, 0.717) is 5.69 Å². The van der Waals surface area contributed by atoms with E-state index in [1.165, 1.54) is 5.39 Å². The highest BCUT2D eigenvalue weighted by Crippen LogP contribution is 2.23. The molecule has 1 heterocycles. The topological polar surface area (TPSA) is 70.1 Å². The van der Waals surface area contributed by atoms with E-state index in [9.17, 15) is 4.79 Å². The summed E-state index contributed by atoms with van der Waals surface area (Å²) in [7, 11) is 0. The van der Waals surface area contributed by atoms with Crippen molar-refractivity contribution in [2.24, 2.45) is 5.10 Å². The maximum atomic E-state index is 12.3. The number of nitrogens with one attached hydrogen (secondary N) is 2. The number of aromatic amines is 1. The van der Waals surface area contributed by atoms with Gasteiger partial charge >= 0.3 is 0 Å². The molecule has 132 valence electrons. The Morgan fingerprint density at radius 3 is 2.48 bits per heavy atom. The highest BCUT2D eigenvalue weighted by molar-refractivity contribution is 6.00. The first-order chi connectivity index (χ1) is 13.2. The van der Waals surface area contributed by atoms with Crippen LogP contribution in [0.4, 0.5) is 0 Å². The largest absolute Gasteiger partial charge is 0.289 e. The maximum absolute atomic E-state index is 12.3. The fourth-order valence-electron chi connectivity index (χ4n) is 2.87. The lowest BCUT2D eigenvalue weighted by atomic mass is 10.1. The summed E-state index contributed by atoms with van der Waals surface area (Å²) in [6.07, 6.45) is 0. The predicted octanol–water partition coefficient (Wildman–Crippen LogP) is 4.38. The summed E-state index contributed by atoms with van der Waals surface area (Å²) in [5.41, 5.74) is 6.29. The second-order valence-electron chi connectivity index (χ2n) is 6.23. The van der Waals surface area contributed by atoms with Crippen LogP contribution in [-0.4, -0.2) is 21.8 Å². The second-order valence-corrected chi connectivity index (χ2v) is 6.23. The summed E-state index contributed by atoms with van der Waals surface area (Å²) in [4.78, 5) is 12.3. The van der Waals surface area contributed by atoms with Gasteiger partial charge in [0.05, 0.1) is 11.4 Å². The minimum Gasteiger partial charge on any atom is -0.272 e. The third kappa shape index (κ3) is 3.62. The molecule has 0 aliphatic heterocycles. The SMILES string of the molecule is C/C(=N\NC(=O)c1cc(-c2ccc3ccccc3c2)n[nH]1)c1ccccc1. The van der Waals surface area contributed by atoms with Crippen LogP contribution in [0.2, 0.25) is 0 Å². The molecule has 0 aliphatic carbocycles. The van der Waals surface area contributed by atoms with Crippen molar-refractivity contribution in [1.82, 2.24) is 15.6 Å². The van der Waals surface area contributed by atoms with Crippen molar-refractivity contribution in [2.75, 3.05) is 0 Å². The Kier molecular flexibility index (Phi) is 4.49. The molecule has 5 heteroatoms. The number of hydrogen-bond acceptors (Lipinski definition) is 3. The zero-order chi connectivity index (χ0) is 18.6. The van der Waals surface area contributed by atoms with Crippen molar-refractivity contribution < 1.29 is 4.79 Å². The molecule has 5 nitrogen and oxygen atoms in total. The van der Waals surface area contributed by atoms with Gasteiger partial charge in [-0.2, -0.15) is 10.2 Å². The van der Waals surface area contributed by atoms with E-state index in [1.807, 2.05) is 61.5 Å². The second kappa shape index (κ2) is 7.25. The normalized spacial score (nSPS) is 11.5. The summed E-state index contributed by atoms with van der Waals surface area (Å²) in [5.74, 6) is -0.329. The molecule has 1 aromatic heterocycles. The first kappa shape index (κ1) is 16.7. The number of nitrogens with zero attached hydrogens (tertiary/aromatic N) is 2. The summed E-state index contributed by atoms with van der Waals surface area (Å²) in [6, 6.07) is 25.7. The number of hydrogen-bond donors (Lipinski definition) is 2. The standard InChI is InChI=1S/C22H18N4O/c1-15(16-7-3-2-4-8-16)23-26-22(27)21-14-20(24-25-21)19-12-11-17-9-5-6-10-18(17)13-19/h2-14H,1H3,(H,24,25)(H,26,27)/b23-15+. The smallest absolute Gasteiger partial charge is 0.272 e. The third-order valence-electron chi connectivity index (χ3n) is 4.38. The fourth-order valence-corrected chi connectivity index (χ4v) is 2.87. The van der Waals surface area contributed by atoms with E-state index in [4.69, 9.17) is 0 Å². The van der Waals surface area contributed by atoms with Crippen LogP contribution in [0.1, 0.15) is 23.0 Å². The number of aromatic nitrogens is 2. The number of fused-ring (bicyclic) bond motifs is 1. The molecule has 0 bridgehead atoms. The zero-order valence-electron chi connectivity index (χ0n) is 14.8. The summed E-state index contributed by atoms with van der Waals surface area (Å²) < 4.78 is 0. The number of carbonyl (C=O) groups is 1. The number of amides is 1. The summed E-state index contributed by atoms with van der Waals surface area (Å²) in [5, 5.41) is 13.5. The molecular formula is C22H18N4O. The Morgan fingerprint density at radius 2 is 1.67 bits per heavy atom. The molecule has 3 aromatic carbocycles. The summed E-state index contributed by atoms with van der Waals surface area (Å²) in [6.45, 7) is 1.85. The van der Waals surface area contributed by atoms with Crippen LogP contribution >= 0.6 is 0 Å². The molecule has 0 radical (unpaired) electrons. The third-order valence-corrected chi connectivity index (χ3v) is 4.38. The highest BCUT2D eigenvalue weighted by atomic mass is 16.2. The average Bonchev–Trinajstić information content (AvgIpc) is 3.22. The molecule has 4 rings (SSSR count). The van der Waals surface area contributed by atoms with Crippen LogP contribution in [0.5, 0.6) is 0 Å². The monoisotopic (exact) mass is 354 g/mol. The minimum atomic E-state index is -0.329. The minimum absolute atomic E-state index is 0.329. The van der Waals surface area contributed by atoms with Gasteiger partial charge < -0.3 is 0 Å². The van der Waals surface area contributed by atoms with E-state index in [1.54, 1.807) is 6.07 Å². The average molecular weight is 354 g/mol. The van der Waals surface area contributed by atoms with Gasteiger partial charge in [0.15, 0.2) is 0 Å². The zero-order valence-corrected chi connectivity index (χ0v) is 14.8. The lowest BCUT2D eigenvalue weighted by molar-refractivity contribution is 0.0950. The molecule has 0 fully saturated rings. The quantitative estimate of drug-likeness (QED) is 0.422. The number of carbonyl (C=O) groups excluding carboxylic acids is 1. The van der Waals surface area contributed by atoms with Crippen molar-refractivity contribution in [1.29, 1.82) is 0 Å². The van der Waals surface area contributed by atoms with E-state index < -0.39 is 0 Å². The van der Waals surface area contributed by atoms with Gasteiger partial charge in [0, 0.05) is 5.56 Å². The number of H-pyrrole nitrogens is 1. The van der Waals surface area contributed by atoms with Crippen molar-refractivity contribution >= 4 is 22.4 Å². The van der Waals surface area contributed by atoms with Gasteiger partial charge in [-0.15, -0.1) is 0 Å². The van der Waals surface area contributed by atoms with Crippen LogP contribution in [0, 0.1) is 0 Å².